The second-order valence-electron chi connectivity index (χ2n) is 5.05. The third-order valence-electron chi connectivity index (χ3n) is 2.53. The first-order chi connectivity index (χ1) is 6.41. The number of carbonyl (C=O) groups is 1. The highest BCUT2D eigenvalue weighted by atomic mass is 16.5. The van der Waals surface area contributed by atoms with Crippen molar-refractivity contribution in [3.63, 3.8) is 0 Å². The van der Waals surface area contributed by atoms with Gasteiger partial charge < -0.3 is 4.74 Å². The summed E-state index contributed by atoms with van der Waals surface area (Å²) in [7, 11) is 0. The van der Waals surface area contributed by atoms with Crippen LogP contribution in [0.5, 0.6) is 0 Å². The zero-order chi connectivity index (χ0) is 10.8. The lowest BCUT2D eigenvalue weighted by Crippen LogP contribution is -2.30. The van der Waals surface area contributed by atoms with Gasteiger partial charge in [0.05, 0.1) is 5.41 Å². The van der Waals surface area contributed by atoms with Crippen LogP contribution >= 0.6 is 0 Å². The van der Waals surface area contributed by atoms with E-state index < -0.39 is 5.41 Å². The Morgan fingerprint density at radius 1 is 1.43 bits per heavy atom. The third-order valence-corrected chi connectivity index (χ3v) is 2.53. The van der Waals surface area contributed by atoms with E-state index in [1.807, 2.05) is 20.8 Å². The second kappa shape index (κ2) is 4.16. The molecule has 0 heterocycles. The van der Waals surface area contributed by atoms with E-state index in [1.165, 1.54) is 6.42 Å². The van der Waals surface area contributed by atoms with Gasteiger partial charge in [-0.3, -0.25) is 4.79 Å². The molecule has 1 aliphatic carbocycles. The minimum Gasteiger partial charge on any atom is -0.457 e. The molecule has 0 amide bonds. The molecular weight excluding hydrogens is 176 g/mol. The van der Waals surface area contributed by atoms with E-state index in [-0.39, 0.29) is 12.1 Å². The Kier molecular flexibility index (Phi) is 3.35. The van der Waals surface area contributed by atoms with Gasteiger partial charge in [0.25, 0.3) is 0 Å². The van der Waals surface area contributed by atoms with E-state index in [2.05, 4.69) is 6.58 Å². The van der Waals surface area contributed by atoms with Crippen LogP contribution in [0.25, 0.3) is 0 Å². The monoisotopic (exact) mass is 196 g/mol. The molecule has 1 atom stereocenters. The van der Waals surface area contributed by atoms with Crippen molar-refractivity contribution in [2.45, 2.75) is 52.6 Å². The summed E-state index contributed by atoms with van der Waals surface area (Å²) >= 11 is 0. The topological polar surface area (TPSA) is 26.3 Å². The summed E-state index contributed by atoms with van der Waals surface area (Å²) in [5, 5.41) is 0. The van der Waals surface area contributed by atoms with Gasteiger partial charge in [0, 0.05) is 0 Å². The zero-order valence-electron chi connectivity index (χ0n) is 9.43. The Bertz CT molecular complexity index is 235. The summed E-state index contributed by atoms with van der Waals surface area (Å²) < 4.78 is 5.43. The molecule has 0 radical (unpaired) electrons. The smallest absolute Gasteiger partial charge is 0.311 e. The molecule has 1 unspecified atom stereocenters. The van der Waals surface area contributed by atoms with Gasteiger partial charge in [-0.2, -0.15) is 0 Å². The Hall–Kier alpha value is -0.790. The number of esters is 1. The van der Waals surface area contributed by atoms with Crippen LogP contribution in [0.2, 0.25) is 0 Å². The lowest BCUT2D eigenvalue weighted by molar-refractivity contribution is -0.157. The minimum atomic E-state index is -0.405. The maximum absolute atomic E-state index is 11.6. The van der Waals surface area contributed by atoms with Gasteiger partial charge in [-0.15, -0.1) is 0 Å². The highest BCUT2D eigenvalue weighted by Gasteiger charge is 2.28. The molecule has 1 aliphatic rings. The summed E-state index contributed by atoms with van der Waals surface area (Å²) in [6.45, 7) is 9.58. The Balaban J connectivity index is 2.51. The summed E-state index contributed by atoms with van der Waals surface area (Å²) in [5.41, 5.74) is 0.673. The zero-order valence-corrected chi connectivity index (χ0v) is 9.43. The highest BCUT2D eigenvalue weighted by Crippen LogP contribution is 2.27. The molecule has 1 rings (SSSR count). The number of carbonyl (C=O) groups excluding carboxylic acids is 1. The summed E-state index contributed by atoms with van der Waals surface area (Å²) in [6.07, 6.45) is 4.24. The van der Waals surface area contributed by atoms with Crippen LogP contribution in [-0.4, -0.2) is 12.1 Å². The van der Waals surface area contributed by atoms with E-state index in [4.69, 9.17) is 4.74 Å². The molecule has 0 N–H and O–H groups in total. The van der Waals surface area contributed by atoms with Gasteiger partial charge in [-0.1, -0.05) is 6.58 Å². The number of rotatable bonds is 1. The minimum absolute atomic E-state index is 0.0320. The summed E-state index contributed by atoms with van der Waals surface area (Å²) in [4.78, 5) is 11.6. The average molecular weight is 196 g/mol. The first-order valence-electron chi connectivity index (χ1n) is 5.30. The van der Waals surface area contributed by atoms with E-state index >= 15 is 0 Å². The van der Waals surface area contributed by atoms with E-state index in [0.717, 1.165) is 24.8 Å². The molecule has 1 saturated carbocycles. The summed E-state index contributed by atoms with van der Waals surface area (Å²) in [5.74, 6) is -0.120. The summed E-state index contributed by atoms with van der Waals surface area (Å²) in [6, 6.07) is 0. The van der Waals surface area contributed by atoms with Crippen molar-refractivity contribution >= 4 is 5.97 Å². The lowest BCUT2D eigenvalue weighted by atomic mass is 9.92. The van der Waals surface area contributed by atoms with Crippen LogP contribution in [0.4, 0.5) is 0 Å². The normalized spacial score (nSPS) is 23.4. The molecule has 0 spiro atoms. The first-order valence-corrected chi connectivity index (χ1v) is 5.30. The van der Waals surface area contributed by atoms with Crippen LogP contribution in [-0.2, 0) is 9.53 Å². The average Bonchev–Trinajstić information content (AvgIpc) is 2.07. The first kappa shape index (κ1) is 11.3. The molecule has 14 heavy (non-hydrogen) atoms. The molecule has 2 nitrogen and oxygen atoms in total. The van der Waals surface area contributed by atoms with Gasteiger partial charge >= 0.3 is 5.97 Å². The van der Waals surface area contributed by atoms with Crippen molar-refractivity contribution in [1.82, 2.24) is 0 Å². The Morgan fingerprint density at radius 2 is 2.07 bits per heavy atom. The Morgan fingerprint density at radius 3 is 2.57 bits per heavy atom. The van der Waals surface area contributed by atoms with Crippen molar-refractivity contribution in [2.24, 2.45) is 5.41 Å². The molecule has 1 fully saturated rings. The second-order valence-corrected chi connectivity index (χ2v) is 5.05. The molecular formula is C12H20O2. The van der Waals surface area contributed by atoms with Crippen molar-refractivity contribution in [3.8, 4) is 0 Å². The third kappa shape index (κ3) is 2.86. The molecule has 0 bridgehead atoms. The van der Waals surface area contributed by atoms with E-state index in [9.17, 15) is 4.79 Å². The standard InChI is InChI=1S/C12H20O2/c1-9-7-5-6-8-10(9)14-11(13)12(2,3)4/h10H,1,5-8H2,2-4H3. The van der Waals surface area contributed by atoms with E-state index in [1.54, 1.807) is 0 Å². The molecule has 80 valence electrons. The van der Waals surface area contributed by atoms with Crippen molar-refractivity contribution in [3.05, 3.63) is 12.2 Å². The van der Waals surface area contributed by atoms with Crippen molar-refractivity contribution < 1.29 is 9.53 Å². The number of ether oxygens (including phenoxy) is 1. The van der Waals surface area contributed by atoms with Gasteiger partial charge in [-0.25, -0.2) is 0 Å². The van der Waals surface area contributed by atoms with E-state index in [0.29, 0.717) is 0 Å². The fraction of sp³-hybridized carbons (Fsp3) is 0.750. The van der Waals surface area contributed by atoms with Gasteiger partial charge in [0.2, 0.25) is 0 Å². The lowest BCUT2D eigenvalue weighted by Gasteiger charge is -2.27. The molecule has 0 aromatic carbocycles. The fourth-order valence-electron chi connectivity index (χ4n) is 1.50. The van der Waals surface area contributed by atoms with Crippen LogP contribution in [0, 0.1) is 5.41 Å². The quantitative estimate of drug-likeness (QED) is 0.476. The number of hydrogen-bond acceptors (Lipinski definition) is 2. The predicted molar refractivity (Wildman–Crippen MR) is 56.9 cm³/mol. The van der Waals surface area contributed by atoms with Crippen LogP contribution in [0.1, 0.15) is 46.5 Å². The molecule has 0 aromatic rings. The Labute approximate surface area is 86.3 Å². The SMILES string of the molecule is C=C1CCCCC1OC(=O)C(C)(C)C. The number of hydrogen-bond donors (Lipinski definition) is 0. The van der Waals surface area contributed by atoms with Gasteiger partial charge in [0.15, 0.2) is 0 Å². The van der Waals surface area contributed by atoms with Crippen LogP contribution in [0.3, 0.4) is 0 Å². The fourth-order valence-corrected chi connectivity index (χ4v) is 1.50. The molecule has 2 heteroatoms. The molecule has 0 aliphatic heterocycles. The van der Waals surface area contributed by atoms with Crippen molar-refractivity contribution in [1.29, 1.82) is 0 Å². The van der Waals surface area contributed by atoms with Crippen molar-refractivity contribution in [2.75, 3.05) is 0 Å². The molecule has 0 saturated heterocycles. The highest BCUT2D eigenvalue weighted by molar-refractivity contribution is 5.75. The van der Waals surface area contributed by atoms with Crippen LogP contribution < -0.4 is 0 Å². The maximum atomic E-state index is 11.6. The molecule has 0 aromatic heterocycles. The van der Waals surface area contributed by atoms with Gasteiger partial charge in [-0.05, 0) is 52.0 Å². The van der Waals surface area contributed by atoms with Gasteiger partial charge in [0.1, 0.15) is 6.10 Å². The van der Waals surface area contributed by atoms with Crippen LogP contribution in [0.15, 0.2) is 12.2 Å². The maximum Gasteiger partial charge on any atom is 0.311 e. The largest absolute Gasteiger partial charge is 0.457 e. The predicted octanol–water partition coefficient (Wildman–Crippen LogP) is 3.07.